The molecule has 0 spiro atoms. The van der Waals surface area contributed by atoms with Crippen LogP contribution >= 0.6 is 0 Å². The molecule has 2 aliphatic heterocycles. The van der Waals surface area contributed by atoms with Gasteiger partial charge in [0.25, 0.3) is 5.91 Å². The Bertz CT molecular complexity index is 936. The minimum absolute atomic E-state index is 0.217. The summed E-state index contributed by atoms with van der Waals surface area (Å²) in [7, 11) is 0. The van der Waals surface area contributed by atoms with E-state index in [0.717, 1.165) is 5.56 Å². The molecule has 1 fully saturated rings. The standard InChI is InChI=1S/C18H19N5O4/c1-10(24)7-11-8-23(21-20-11)14-4-2-3-12-13(14)9-22(18(12)27)15-5-6-16(25)19-17(15)26/h2-4,8,10,15,24H,5-7,9H2,1H3,(H,19,25,26). The third-order valence-corrected chi connectivity index (χ3v) is 4.85. The maximum atomic E-state index is 12.8. The molecule has 9 nitrogen and oxygen atoms in total. The first-order chi connectivity index (χ1) is 12.9. The summed E-state index contributed by atoms with van der Waals surface area (Å²) in [5.41, 5.74) is 2.64. The number of aliphatic hydroxyl groups excluding tert-OH is 1. The van der Waals surface area contributed by atoms with Crippen LogP contribution in [0.5, 0.6) is 0 Å². The predicted molar refractivity (Wildman–Crippen MR) is 92.8 cm³/mol. The lowest BCUT2D eigenvalue weighted by Crippen LogP contribution is -2.52. The van der Waals surface area contributed by atoms with Crippen molar-refractivity contribution in [2.24, 2.45) is 0 Å². The predicted octanol–water partition coefficient (Wildman–Crippen LogP) is -0.0484. The normalized spacial score (nSPS) is 20.6. The maximum Gasteiger partial charge on any atom is 0.255 e. The van der Waals surface area contributed by atoms with E-state index in [0.29, 0.717) is 29.8 Å². The van der Waals surface area contributed by atoms with Crippen LogP contribution in [-0.2, 0) is 22.6 Å². The van der Waals surface area contributed by atoms with Crippen LogP contribution in [0.15, 0.2) is 24.4 Å². The molecule has 2 N–H and O–H groups in total. The van der Waals surface area contributed by atoms with Crippen LogP contribution in [-0.4, -0.2) is 54.9 Å². The highest BCUT2D eigenvalue weighted by atomic mass is 16.3. The van der Waals surface area contributed by atoms with Gasteiger partial charge in [-0.15, -0.1) is 5.10 Å². The summed E-state index contributed by atoms with van der Waals surface area (Å²) >= 11 is 0. The molecule has 0 saturated carbocycles. The van der Waals surface area contributed by atoms with E-state index in [4.69, 9.17) is 0 Å². The first-order valence-electron chi connectivity index (χ1n) is 8.80. The lowest BCUT2D eigenvalue weighted by Gasteiger charge is -2.29. The van der Waals surface area contributed by atoms with Crippen LogP contribution in [0.4, 0.5) is 0 Å². The summed E-state index contributed by atoms with van der Waals surface area (Å²) in [6.07, 6.45) is 2.12. The third-order valence-electron chi connectivity index (χ3n) is 4.85. The average molecular weight is 369 g/mol. The van der Waals surface area contributed by atoms with Crippen LogP contribution in [0, 0.1) is 0 Å². The fourth-order valence-electron chi connectivity index (χ4n) is 3.60. The van der Waals surface area contributed by atoms with Crippen LogP contribution < -0.4 is 5.32 Å². The van der Waals surface area contributed by atoms with Crippen molar-refractivity contribution in [3.8, 4) is 5.69 Å². The van der Waals surface area contributed by atoms with Crippen molar-refractivity contribution in [3.05, 3.63) is 41.2 Å². The van der Waals surface area contributed by atoms with Crippen molar-refractivity contribution in [1.29, 1.82) is 0 Å². The van der Waals surface area contributed by atoms with Gasteiger partial charge in [0, 0.05) is 30.5 Å². The number of benzene rings is 1. The summed E-state index contributed by atoms with van der Waals surface area (Å²) in [5, 5.41) is 20.0. The minimum atomic E-state index is -0.656. The first-order valence-corrected chi connectivity index (χ1v) is 8.80. The second-order valence-corrected chi connectivity index (χ2v) is 6.91. The van der Waals surface area contributed by atoms with Gasteiger partial charge in [-0.25, -0.2) is 4.68 Å². The number of nitrogens with one attached hydrogen (secondary N) is 1. The number of piperidine rings is 1. The van der Waals surface area contributed by atoms with Gasteiger partial charge in [-0.1, -0.05) is 11.3 Å². The fraction of sp³-hybridized carbons (Fsp3) is 0.389. The van der Waals surface area contributed by atoms with E-state index >= 15 is 0 Å². The van der Waals surface area contributed by atoms with Crippen molar-refractivity contribution in [3.63, 3.8) is 0 Å². The number of imide groups is 1. The minimum Gasteiger partial charge on any atom is -0.393 e. The van der Waals surface area contributed by atoms with Crippen molar-refractivity contribution >= 4 is 17.7 Å². The molecule has 2 atom stereocenters. The number of aromatic nitrogens is 3. The van der Waals surface area contributed by atoms with E-state index in [2.05, 4.69) is 15.6 Å². The zero-order chi connectivity index (χ0) is 19.1. The number of hydrogen-bond donors (Lipinski definition) is 2. The molecule has 0 bridgehead atoms. The number of amides is 3. The van der Waals surface area contributed by atoms with Crippen molar-refractivity contribution in [2.75, 3.05) is 0 Å². The number of carbonyl (C=O) groups is 3. The molecule has 2 aromatic rings. The number of nitrogens with zero attached hydrogens (tertiary/aromatic N) is 4. The molecule has 9 heteroatoms. The Kier molecular flexibility index (Phi) is 4.23. The van der Waals surface area contributed by atoms with E-state index in [1.54, 1.807) is 29.9 Å². The van der Waals surface area contributed by atoms with E-state index in [1.165, 1.54) is 4.90 Å². The topological polar surface area (TPSA) is 117 Å². The van der Waals surface area contributed by atoms with Gasteiger partial charge in [-0.05, 0) is 25.5 Å². The Labute approximate surface area is 155 Å². The zero-order valence-corrected chi connectivity index (χ0v) is 14.8. The van der Waals surface area contributed by atoms with Gasteiger partial charge in [0.2, 0.25) is 11.8 Å². The molecule has 1 saturated heterocycles. The molecule has 0 aliphatic carbocycles. The monoisotopic (exact) mass is 369 g/mol. The average Bonchev–Trinajstić information content (AvgIpc) is 3.19. The molecule has 1 aromatic heterocycles. The summed E-state index contributed by atoms with van der Waals surface area (Å²) in [6.45, 7) is 1.94. The highest BCUT2D eigenvalue weighted by Crippen LogP contribution is 2.31. The van der Waals surface area contributed by atoms with E-state index in [-0.39, 0.29) is 24.8 Å². The van der Waals surface area contributed by atoms with Gasteiger partial charge < -0.3 is 10.0 Å². The summed E-state index contributed by atoms with van der Waals surface area (Å²) in [5.74, 6) is -0.978. The van der Waals surface area contributed by atoms with Gasteiger partial charge in [0.05, 0.1) is 23.7 Å². The molecule has 4 rings (SSSR count). The molecule has 3 amide bonds. The molecule has 140 valence electrons. The number of fused-ring (bicyclic) bond motifs is 1. The largest absolute Gasteiger partial charge is 0.393 e. The van der Waals surface area contributed by atoms with Crippen LogP contribution in [0.2, 0.25) is 0 Å². The molecular weight excluding hydrogens is 350 g/mol. The molecule has 27 heavy (non-hydrogen) atoms. The molecule has 2 unspecified atom stereocenters. The Balaban J connectivity index is 1.64. The molecular formula is C18H19N5O4. The number of rotatable bonds is 4. The molecule has 3 heterocycles. The van der Waals surface area contributed by atoms with Crippen molar-refractivity contribution < 1.29 is 19.5 Å². The SMILES string of the molecule is CC(O)Cc1cn(-c2cccc3c2CN(C2CCC(=O)NC2=O)C3=O)nn1. The van der Waals surface area contributed by atoms with Crippen LogP contribution in [0.3, 0.4) is 0 Å². The second-order valence-electron chi connectivity index (χ2n) is 6.91. The van der Waals surface area contributed by atoms with E-state index in [1.807, 2.05) is 6.07 Å². The number of aliphatic hydroxyl groups is 1. The Morgan fingerprint density at radius 2 is 2.15 bits per heavy atom. The van der Waals surface area contributed by atoms with Gasteiger partial charge in [0.1, 0.15) is 6.04 Å². The Morgan fingerprint density at radius 3 is 2.89 bits per heavy atom. The Hall–Kier alpha value is -3.07. The molecule has 0 radical (unpaired) electrons. The van der Waals surface area contributed by atoms with Crippen LogP contribution in [0.25, 0.3) is 5.69 Å². The smallest absolute Gasteiger partial charge is 0.255 e. The lowest BCUT2D eigenvalue weighted by molar-refractivity contribution is -0.136. The summed E-state index contributed by atoms with van der Waals surface area (Å²) in [6, 6.07) is 4.66. The fourth-order valence-corrected chi connectivity index (χ4v) is 3.60. The van der Waals surface area contributed by atoms with Crippen LogP contribution in [0.1, 0.15) is 41.4 Å². The highest BCUT2D eigenvalue weighted by Gasteiger charge is 2.40. The number of carbonyl (C=O) groups excluding carboxylic acids is 3. The van der Waals surface area contributed by atoms with Gasteiger partial charge in [-0.2, -0.15) is 0 Å². The van der Waals surface area contributed by atoms with Crippen molar-refractivity contribution in [1.82, 2.24) is 25.2 Å². The van der Waals surface area contributed by atoms with Gasteiger partial charge in [0.15, 0.2) is 0 Å². The highest BCUT2D eigenvalue weighted by molar-refractivity contribution is 6.05. The molecule has 1 aromatic carbocycles. The molecule has 2 aliphatic rings. The van der Waals surface area contributed by atoms with Gasteiger partial charge in [-0.3, -0.25) is 19.7 Å². The number of hydrogen-bond acceptors (Lipinski definition) is 6. The second kappa shape index (κ2) is 6.58. The quantitative estimate of drug-likeness (QED) is 0.730. The first kappa shape index (κ1) is 17.3. The third kappa shape index (κ3) is 3.10. The van der Waals surface area contributed by atoms with E-state index < -0.39 is 18.1 Å². The van der Waals surface area contributed by atoms with Crippen molar-refractivity contribution in [2.45, 2.75) is 44.9 Å². The maximum absolute atomic E-state index is 12.8. The lowest BCUT2D eigenvalue weighted by atomic mass is 10.0. The van der Waals surface area contributed by atoms with Gasteiger partial charge >= 0.3 is 0 Å². The summed E-state index contributed by atoms with van der Waals surface area (Å²) < 4.78 is 1.58. The summed E-state index contributed by atoms with van der Waals surface area (Å²) in [4.78, 5) is 37.9. The zero-order valence-electron chi connectivity index (χ0n) is 14.8. The van der Waals surface area contributed by atoms with E-state index in [9.17, 15) is 19.5 Å². The Morgan fingerprint density at radius 1 is 1.33 bits per heavy atom.